The normalized spacial score (nSPS) is 10.5. The second-order valence-corrected chi connectivity index (χ2v) is 5.44. The molecular weight excluding hydrogens is 394 g/mol. The molecule has 0 aromatic heterocycles. The Hall–Kier alpha value is -2.45. The number of amides is 3. The van der Waals surface area contributed by atoms with Crippen molar-refractivity contribution in [1.82, 2.24) is 0 Å². The first kappa shape index (κ1) is 21.6. The minimum Gasteiger partial charge on any atom is -0.326 e. The third-order valence-corrected chi connectivity index (χ3v) is 3.32. The molecule has 3 N–H and O–H groups in total. The van der Waals surface area contributed by atoms with Crippen LogP contribution in [0.1, 0.15) is 12.5 Å². The van der Waals surface area contributed by atoms with E-state index in [1.807, 2.05) is 0 Å². The number of hydrogen-bond acceptors (Lipinski definition) is 2. The number of carbonyl (C=O) groups is 2. The molecule has 140 valence electrons. The van der Waals surface area contributed by atoms with E-state index in [-0.39, 0.29) is 24.0 Å². The van der Waals surface area contributed by atoms with Gasteiger partial charge < -0.3 is 16.0 Å². The lowest BCUT2D eigenvalue weighted by Gasteiger charge is -2.12. The molecule has 2 aromatic rings. The molecule has 0 atom stereocenters. The molecule has 10 heteroatoms. The van der Waals surface area contributed by atoms with E-state index >= 15 is 0 Å². The first-order valence-electron chi connectivity index (χ1n) is 6.97. The molecule has 2 rings (SSSR count). The van der Waals surface area contributed by atoms with Gasteiger partial charge in [0, 0.05) is 24.0 Å². The number of hydrogen-bond donors (Lipinski definition) is 3. The number of nitrogens with one attached hydrogen (secondary N) is 3. The summed E-state index contributed by atoms with van der Waals surface area (Å²) in [5.74, 6) is -0.235. The van der Waals surface area contributed by atoms with Crippen LogP contribution >= 0.6 is 24.0 Å². The SMILES string of the molecule is CC(=O)Nc1ccc(NC(=O)Nc2ccc(Cl)c(C(F)(F)F)c2)cc1.Cl. The predicted octanol–water partition coefficient (Wildman–Crippen LogP) is 5.38. The average molecular weight is 408 g/mol. The van der Waals surface area contributed by atoms with E-state index in [9.17, 15) is 22.8 Å². The summed E-state index contributed by atoms with van der Waals surface area (Å²) in [6, 6.07) is 8.56. The van der Waals surface area contributed by atoms with Gasteiger partial charge in [0.2, 0.25) is 5.91 Å². The Kier molecular flexibility index (Phi) is 7.29. The van der Waals surface area contributed by atoms with Crippen molar-refractivity contribution in [2.75, 3.05) is 16.0 Å². The van der Waals surface area contributed by atoms with Gasteiger partial charge in [0.15, 0.2) is 0 Å². The highest BCUT2D eigenvalue weighted by molar-refractivity contribution is 6.31. The zero-order chi connectivity index (χ0) is 18.6. The van der Waals surface area contributed by atoms with Gasteiger partial charge >= 0.3 is 12.2 Å². The number of anilines is 3. The molecule has 0 bridgehead atoms. The summed E-state index contributed by atoms with van der Waals surface area (Å²) in [4.78, 5) is 22.8. The first-order valence-corrected chi connectivity index (χ1v) is 7.35. The largest absolute Gasteiger partial charge is 0.417 e. The number of urea groups is 1. The first-order chi connectivity index (χ1) is 11.6. The molecule has 0 aliphatic carbocycles. The molecular formula is C16H14Cl2F3N3O2. The summed E-state index contributed by atoms with van der Waals surface area (Å²) >= 11 is 5.52. The van der Waals surface area contributed by atoms with Crippen molar-refractivity contribution in [3.05, 3.63) is 53.1 Å². The van der Waals surface area contributed by atoms with E-state index in [0.29, 0.717) is 11.4 Å². The second kappa shape index (κ2) is 8.77. The van der Waals surface area contributed by atoms with Gasteiger partial charge in [0.1, 0.15) is 0 Å². The van der Waals surface area contributed by atoms with Gasteiger partial charge in [0.05, 0.1) is 10.6 Å². The molecule has 0 heterocycles. The van der Waals surface area contributed by atoms with Crippen LogP contribution in [-0.4, -0.2) is 11.9 Å². The van der Waals surface area contributed by atoms with Crippen molar-refractivity contribution >= 4 is 53.0 Å². The van der Waals surface area contributed by atoms with Crippen LogP contribution in [0.15, 0.2) is 42.5 Å². The van der Waals surface area contributed by atoms with Crippen LogP contribution in [0.2, 0.25) is 5.02 Å². The topological polar surface area (TPSA) is 70.2 Å². The summed E-state index contributed by atoms with van der Waals surface area (Å²) in [6.07, 6.45) is -4.62. The molecule has 3 amide bonds. The molecule has 0 radical (unpaired) electrons. The zero-order valence-corrected chi connectivity index (χ0v) is 14.9. The van der Waals surface area contributed by atoms with Gasteiger partial charge in [-0.1, -0.05) is 11.6 Å². The summed E-state index contributed by atoms with van der Waals surface area (Å²) in [5, 5.41) is 6.88. The van der Waals surface area contributed by atoms with Gasteiger partial charge in [-0.3, -0.25) is 4.79 Å². The van der Waals surface area contributed by atoms with Crippen molar-refractivity contribution in [2.45, 2.75) is 13.1 Å². The molecule has 0 aliphatic heterocycles. The molecule has 2 aromatic carbocycles. The van der Waals surface area contributed by atoms with Crippen LogP contribution in [0.3, 0.4) is 0 Å². The number of rotatable bonds is 3. The Morgan fingerprint density at radius 1 is 0.885 bits per heavy atom. The van der Waals surface area contributed by atoms with Crippen molar-refractivity contribution in [3.63, 3.8) is 0 Å². The summed E-state index contributed by atoms with van der Waals surface area (Å²) < 4.78 is 38.4. The Bertz CT molecular complexity index is 796. The minimum absolute atomic E-state index is 0. The average Bonchev–Trinajstić information content (AvgIpc) is 2.49. The second-order valence-electron chi connectivity index (χ2n) is 5.03. The maximum atomic E-state index is 12.8. The molecule has 0 fully saturated rings. The highest BCUT2D eigenvalue weighted by Crippen LogP contribution is 2.36. The third-order valence-electron chi connectivity index (χ3n) is 2.99. The van der Waals surface area contributed by atoms with Crippen molar-refractivity contribution in [3.8, 4) is 0 Å². The Morgan fingerprint density at radius 3 is 1.85 bits per heavy atom. The van der Waals surface area contributed by atoms with Crippen molar-refractivity contribution < 1.29 is 22.8 Å². The van der Waals surface area contributed by atoms with Gasteiger partial charge in [-0.05, 0) is 42.5 Å². The van der Waals surface area contributed by atoms with E-state index in [1.54, 1.807) is 12.1 Å². The molecule has 0 aliphatic rings. The van der Waals surface area contributed by atoms with Crippen LogP contribution in [0, 0.1) is 0 Å². The van der Waals surface area contributed by atoms with Gasteiger partial charge in [0.25, 0.3) is 0 Å². The molecule has 0 spiro atoms. The Morgan fingerprint density at radius 2 is 1.35 bits per heavy atom. The van der Waals surface area contributed by atoms with Crippen LogP contribution in [0.5, 0.6) is 0 Å². The molecule has 0 saturated carbocycles. The van der Waals surface area contributed by atoms with E-state index in [4.69, 9.17) is 11.6 Å². The van der Waals surface area contributed by atoms with E-state index in [0.717, 1.165) is 12.1 Å². The maximum Gasteiger partial charge on any atom is 0.417 e. The fraction of sp³-hybridized carbons (Fsp3) is 0.125. The summed E-state index contributed by atoms with van der Waals surface area (Å²) in [6.45, 7) is 1.36. The van der Waals surface area contributed by atoms with E-state index < -0.39 is 22.8 Å². The monoisotopic (exact) mass is 407 g/mol. The van der Waals surface area contributed by atoms with Gasteiger partial charge in [-0.15, -0.1) is 12.4 Å². The number of halogens is 5. The van der Waals surface area contributed by atoms with Crippen LogP contribution in [0.25, 0.3) is 0 Å². The number of carbonyl (C=O) groups excluding carboxylic acids is 2. The smallest absolute Gasteiger partial charge is 0.326 e. The Balaban J connectivity index is 0.00000338. The molecule has 0 saturated heterocycles. The molecule has 26 heavy (non-hydrogen) atoms. The molecule has 5 nitrogen and oxygen atoms in total. The summed E-state index contributed by atoms with van der Waals surface area (Å²) in [7, 11) is 0. The number of alkyl halides is 3. The van der Waals surface area contributed by atoms with Crippen molar-refractivity contribution in [2.24, 2.45) is 0 Å². The Labute approximate surface area is 158 Å². The maximum absolute atomic E-state index is 12.8. The highest BCUT2D eigenvalue weighted by atomic mass is 35.5. The lowest BCUT2D eigenvalue weighted by Crippen LogP contribution is -2.20. The predicted molar refractivity (Wildman–Crippen MR) is 97.1 cm³/mol. The van der Waals surface area contributed by atoms with E-state index in [2.05, 4.69) is 16.0 Å². The van der Waals surface area contributed by atoms with Crippen LogP contribution < -0.4 is 16.0 Å². The lowest BCUT2D eigenvalue weighted by molar-refractivity contribution is -0.137. The highest BCUT2D eigenvalue weighted by Gasteiger charge is 2.33. The molecule has 0 unspecified atom stereocenters. The van der Waals surface area contributed by atoms with E-state index in [1.165, 1.54) is 25.1 Å². The minimum atomic E-state index is -4.62. The van der Waals surface area contributed by atoms with Gasteiger partial charge in [-0.2, -0.15) is 13.2 Å². The quantitative estimate of drug-likeness (QED) is 0.638. The fourth-order valence-corrected chi connectivity index (χ4v) is 2.18. The third kappa shape index (κ3) is 6.12. The number of benzene rings is 2. The van der Waals surface area contributed by atoms with Crippen LogP contribution in [-0.2, 0) is 11.0 Å². The zero-order valence-electron chi connectivity index (χ0n) is 13.3. The fourth-order valence-electron chi connectivity index (χ4n) is 1.95. The van der Waals surface area contributed by atoms with Crippen molar-refractivity contribution in [1.29, 1.82) is 0 Å². The lowest BCUT2D eigenvalue weighted by atomic mass is 10.2. The standard InChI is InChI=1S/C16H13ClF3N3O2.ClH/c1-9(24)21-10-2-4-11(5-3-10)22-15(25)23-12-6-7-14(17)13(8-12)16(18,19)20;/h2-8H,1H3,(H,21,24)(H2,22,23,25);1H. The van der Waals surface area contributed by atoms with Gasteiger partial charge in [-0.25, -0.2) is 4.79 Å². The summed E-state index contributed by atoms with van der Waals surface area (Å²) in [5.41, 5.74) is -0.140. The van der Waals surface area contributed by atoms with Crippen LogP contribution in [0.4, 0.5) is 35.0 Å².